The van der Waals surface area contributed by atoms with Crippen molar-refractivity contribution in [2.45, 2.75) is 51.0 Å². The highest BCUT2D eigenvalue weighted by Crippen LogP contribution is 2.44. The SMILES string of the molecule is Cc1cc(C2C(=O)OC3(CCC(=O)CC3)C2=O)c(C)cc1-c1ccc(Cl)cc1. The molecule has 1 unspecified atom stereocenters. The van der Waals surface area contributed by atoms with Gasteiger partial charge in [0.15, 0.2) is 11.4 Å². The van der Waals surface area contributed by atoms with E-state index in [9.17, 15) is 14.4 Å². The quantitative estimate of drug-likeness (QED) is 0.544. The monoisotopic (exact) mass is 396 g/mol. The zero-order valence-electron chi connectivity index (χ0n) is 15.9. The smallest absolute Gasteiger partial charge is 0.322 e. The number of hydrogen-bond acceptors (Lipinski definition) is 4. The molecule has 0 N–H and O–H groups in total. The van der Waals surface area contributed by atoms with Crippen LogP contribution in [0.3, 0.4) is 0 Å². The lowest BCUT2D eigenvalue weighted by atomic mass is 9.76. The lowest BCUT2D eigenvalue weighted by Crippen LogP contribution is -2.41. The number of rotatable bonds is 2. The molecular weight excluding hydrogens is 376 g/mol. The Labute approximate surface area is 168 Å². The van der Waals surface area contributed by atoms with Crippen molar-refractivity contribution in [3.63, 3.8) is 0 Å². The molecule has 5 heteroatoms. The average Bonchev–Trinajstić information content (AvgIpc) is 2.90. The van der Waals surface area contributed by atoms with E-state index in [1.165, 1.54) is 0 Å². The molecule has 1 spiro atoms. The van der Waals surface area contributed by atoms with E-state index in [0.29, 0.717) is 36.3 Å². The van der Waals surface area contributed by atoms with Crippen LogP contribution in [0, 0.1) is 13.8 Å². The molecule has 4 nitrogen and oxygen atoms in total. The third-order valence-electron chi connectivity index (χ3n) is 5.94. The third kappa shape index (κ3) is 3.06. The molecule has 2 aromatic rings. The van der Waals surface area contributed by atoms with E-state index in [1.807, 2.05) is 50.2 Å². The largest absolute Gasteiger partial charge is 0.450 e. The van der Waals surface area contributed by atoms with Gasteiger partial charge in [0.05, 0.1) is 0 Å². The molecule has 28 heavy (non-hydrogen) atoms. The van der Waals surface area contributed by atoms with E-state index in [4.69, 9.17) is 16.3 Å². The molecule has 1 saturated carbocycles. The Bertz CT molecular complexity index is 980. The van der Waals surface area contributed by atoms with Gasteiger partial charge in [-0.15, -0.1) is 0 Å². The van der Waals surface area contributed by atoms with Gasteiger partial charge in [-0.25, -0.2) is 0 Å². The molecule has 0 bridgehead atoms. The van der Waals surface area contributed by atoms with Crippen LogP contribution in [0.25, 0.3) is 11.1 Å². The fourth-order valence-corrected chi connectivity index (χ4v) is 4.44. The van der Waals surface area contributed by atoms with E-state index in [0.717, 1.165) is 22.3 Å². The summed E-state index contributed by atoms with van der Waals surface area (Å²) < 4.78 is 5.58. The fraction of sp³-hybridized carbons (Fsp3) is 0.348. The number of Topliss-reactive ketones (excluding diaryl/α,β-unsaturated/α-hetero) is 2. The molecule has 0 radical (unpaired) electrons. The van der Waals surface area contributed by atoms with Crippen LogP contribution in [0.4, 0.5) is 0 Å². The van der Waals surface area contributed by atoms with Gasteiger partial charge in [-0.05, 0) is 53.8 Å². The van der Waals surface area contributed by atoms with Crippen molar-refractivity contribution in [2.75, 3.05) is 0 Å². The Morgan fingerprint density at radius 3 is 2.25 bits per heavy atom. The van der Waals surface area contributed by atoms with Crippen LogP contribution in [0.2, 0.25) is 5.02 Å². The third-order valence-corrected chi connectivity index (χ3v) is 6.19. The van der Waals surface area contributed by atoms with Crippen LogP contribution in [-0.2, 0) is 19.1 Å². The van der Waals surface area contributed by atoms with Crippen molar-refractivity contribution in [1.29, 1.82) is 0 Å². The number of esters is 1. The molecule has 2 fully saturated rings. The van der Waals surface area contributed by atoms with Crippen molar-refractivity contribution < 1.29 is 19.1 Å². The minimum Gasteiger partial charge on any atom is -0.450 e. The number of hydrogen-bond donors (Lipinski definition) is 0. The number of carbonyl (C=O) groups is 3. The molecule has 0 amide bonds. The van der Waals surface area contributed by atoms with Crippen molar-refractivity contribution in [3.05, 3.63) is 58.1 Å². The van der Waals surface area contributed by atoms with Gasteiger partial charge >= 0.3 is 5.97 Å². The molecule has 1 aliphatic carbocycles. The maximum Gasteiger partial charge on any atom is 0.322 e. The molecular formula is C23H21ClO4. The molecule has 0 aromatic heterocycles. The van der Waals surface area contributed by atoms with Gasteiger partial charge in [0.1, 0.15) is 11.7 Å². The van der Waals surface area contributed by atoms with E-state index in [1.54, 1.807) is 0 Å². The standard InChI is InChI=1S/C23H21ClO4/c1-13-12-19(14(2)11-18(13)15-3-5-16(24)6-4-15)20-21(26)23(28-22(20)27)9-7-17(25)8-10-23/h3-6,11-12,20H,7-10H2,1-2H3. The van der Waals surface area contributed by atoms with Gasteiger partial charge in [-0.2, -0.15) is 0 Å². The van der Waals surface area contributed by atoms with Gasteiger partial charge in [-0.3, -0.25) is 14.4 Å². The molecule has 1 saturated heterocycles. The van der Waals surface area contributed by atoms with Crippen molar-refractivity contribution in [1.82, 2.24) is 0 Å². The second-order valence-corrected chi connectivity index (χ2v) is 8.22. The highest BCUT2D eigenvalue weighted by Gasteiger charge is 2.56. The summed E-state index contributed by atoms with van der Waals surface area (Å²) in [6.45, 7) is 3.87. The van der Waals surface area contributed by atoms with Gasteiger partial charge in [-0.1, -0.05) is 35.9 Å². The lowest BCUT2D eigenvalue weighted by molar-refractivity contribution is -0.156. The van der Waals surface area contributed by atoms with Crippen LogP contribution < -0.4 is 0 Å². The number of halogens is 1. The van der Waals surface area contributed by atoms with E-state index < -0.39 is 17.5 Å². The van der Waals surface area contributed by atoms with E-state index in [2.05, 4.69) is 0 Å². The highest BCUT2D eigenvalue weighted by atomic mass is 35.5. The molecule has 4 rings (SSSR count). The Morgan fingerprint density at radius 1 is 0.964 bits per heavy atom. The van der Waals surface area contributed by atoms with Crippen LogP contribution in [0.1, 0.15) is 48.3 Å². The molecule has 1 aliphatic heterocycles. The minimum absolute atomic E-state index is 0.122. The van der Waals surface area contributed by atoms with Gasteiger partial charge in [0.25, 0.3) is 0 Å². The van der Waals surface area contributed by atoms with Gasteiger partial charge in [0.2, 0.25) is 0 Å². The summed E-state index contributed by atoms with van der Waals surface area (Å²) in [6.07, 6.45) is 1.18. The topological polar surface area (TPSA) is 60.4 Å². The molecule has 144 valence electrons. The van der Waals surface area contributed by atoms with E-state index >= 15 is 0 Å². The highest BCUT2D eigenvalue weighted by molar-refractivity contribution is 6.30. The second-order valence-electron chi connectivity index (χ2n) is 7.78. The second kappa shape index (κ2) is 6.85. The molecule has 2 aromatic carbocycles. The number of ketones is 2. The Hall–Kier alpha value is -2.46. The summed E-state index contributed by atoms with van der Waals surface area (Å²) in [5.74, 6) is -1.49. The van der Waals surface area contributed by atoms with Crippen LogP contribution in [-0.4, -0.2) is 23.1 Å². The maximum absolute atomic E-state index is 13.2. The summed E-state index contributed by atoms with van der Waals surface area (Å²) >= 11 is 5.98. The first-order chi connectivity index (χ1) is 13.3. The predicted octanol–water partition coefficient (Wildman–Crippen LogP) is 4.72. The normalized spacial score (nSPS) is 21.2. The number of benzene rings is 2. The first-order valence-corrected chi connectivity index (χ1v) is 9.84. The Morgan fingerprint density at radius 2 is 1.61 bits per heavy atom. The number of aryl methyl sites for hydroxylation is 2. The summed E-state index contributed by atoms with van der Waals surface area (Å²) in [7, 11) is 0. The van der Waals surface area contributed by atoms with Gasteiger partial charge in [0, 0.05) is 30.7 Å². The predicted molar refractivity (Wildman–Crippen MR) is 106 cm³/mol. The minimum atomic E-state index is -1.12. The van der Waals surface area contributed by atoms with Crippen molar-refractivity contribution >= 4 is 29.1 Å². The van der Waals surface area contributed by atoms with Crippen molar-refractivity contribution in [2.24, 2.45) is 0 Å². The summed E-state index contributed by atoms with van der Waals surface area (Å²) in [4.78, 5) is 37.4. The number of ether oxygens (including phenoxy) is 1. The lowest BCUT2D eigenvalue weighted by Gasteiger charge is -2.29. The van der Waals surface area contributed by atoms with Crippen LogP contribution >= 0.6 is 11.6 Å². The maximum atomic E-state index is 13.2. The van der Waals surface area contributed by atoms with Gasteiger partial charge < -0.3 is 4.74 Å². The molecule has 1 heterocycles. The molecule has 1 atom stereocenters. The Balaban J connectivity index is 1.70. The molecule has 2 aliphatic rings. The zero-order valence-corrected chi connectivity index (χ0v) is 16.6. The summed E-state index contributed by atoms with van der Waals surface area (Å²) in [5.41, 5.74) is 3.48. The van der Waals surface area contributed by atoms with Crippen molar-refractivity contribution in [3.8, 4) is 11.1 Å². The summed E-state index contributed by atoms with van der Waals surface area (Å²) in [6, 6.07) is 11.5. The summed E-state index contributed by atoms with van der Waals surface area (Å²) in [5, 5.41) is 0.672. The Kier molecular flexibility index (Phi) is 4.62. The van der Waals surface area contributed by atoms with Crippen LogP contribution in [0.5, 0.6) is 0 Å². The van der Waals surface area contributed by atoms with E-state index in [-0.39, 0.29) is 11.6 Å². The average molecular weight is 397 g/mol. The first-order valence-electron chi connectivity index (χ1n) is 9.47. The first kappa shape index (κ1) is 18.9. The zero-order chi connectivity index (χ0) is 20.1. The number of carbonyl (C=O) groups excluding carboxylic acids is 3. The van der Waals surface area contributed by atoms with Crippen LogP contribution in [0.15, 0.2) is 36.4 Å². The fourth-order valence-electron chi connectivity index (χ4n) is 4.31.